The largest absolute Gasteiger partial charge is 0.356 e. The lowest BCUT2D eigenvalue weighted by molar-refractivity contribution is 0.459. The van der Waals surface area contributed by atoms with E-state index in [1.165, 1.54) is 11.1 Å². The topological polar surface area (TPSA) is 52.6 Å². The van der Waals surface area contributed by atoms with Gasteiger partial charge in [-0.15, -0.1) is 24.0 Å². The molecule has 1 aliphatic heterocycles. The fourth-order valence-corrected chi connectivity index (χ4v) is 3.44. The van der Waals surface area contributed by atoms with Gasteiger partial charge in [-0.3, -0.25) is 4.99 Å². The second-order valence-corrected chi connectivity index (χ2v) is 7.36. The summed E-state index contributed by atoms with van der Waals surface area (Å²) in [5.41, 5.74) is 2.65. The number of piperidine rings is 1. The number of halogens is 1. The second-order valence-electron chi connectivity index (χ2n) is 7.36. The van der Waals surface area contributed by atoms with E-state index in [0.717, 1.165) is 44.3 Å². The monoisotopic (exact) mass is 493 g/mol. The molecule has 0 saturated carbocycles. The molecule has 6 heteroatoms. The average Bonchev–Trinajstić information content (AvgIpc) is 2.72. The van der Waals surface area contributed by atoms with Crippen molar-refractivity contribution in [2.45, 2.75) is 38.6 Å². The Morgan fingerprint density at radius 3 is 2.50 bits per heavy atom. The standard InChI is InChI=1S/C22H31N5.HI/c1-17-7-9-19(10-8-17)18(2)16-25-22(23-3)26-20-11-14-27(15-12-20)21-6-4-5-13-24-21;/h4-10,13,18,20H,11-12,14-16H2,1-3H3,(H2,23,25,26);1H. The van der Waals surface area contributed by atoms with Gasteiger partial charge in [-0.1, -0.05) is 42.8 Å². The molecule has 1 saturated heterocycles. The van der Waals surface area contributed by atoms with Crippen molar-refractivity contribution in [2.75, 3.05) is 31.6 Å². The van der Waals surface area contributed by atoms with Crippen molar-refractivity contribution in [1.29, 1.82) is 0 Å². The number of guanidine groups is 1. The van der Waals surface area contributed by atoms with Gasteiger partial charge in [0.25, 0.3) is 0 Å². The molecule has 28 heavy (non-hydrogen) atoms. The summed E-state index contributed by atoms with van der Waals surface area (Å²) < 4.78 is 0. The normalized spacial score (nSPS) is 16.2. The van der Waals surface area contributed by atoms with Crippen molar-refractivity contribution in [3.63, 3.8) is 0 Å². The lowest BCUT2D eigenvalue weighted by Crippen LogP contribution is -2.49. The van der Waals surface area contributed by atoms with E-state index in [9.17, 15) is 0 Å². The number of aryl methyl sites for hydroxylation is 1. The Bertz CT molecular complexity index is 724. The van der Waals surface area contributed by atoms with Gasteiger partial charge in [0.2, 0.25) is 0 Å². The molecule has 0 spiro atoms. The third-order valence-corrected chi connectivity index (χ3v) is 5.25. The third kappa shape index (κ3) is 6.36. The number of nitrogens with one attached hydrogen (secondary N) is 2. The van der Waals surface area contributed by atoms with Crippen LogP contribution < -0.4 is 15.5 Å². The van der Waals surface area contributed by atoms with Crippen LogP contribution in [0.1, 0.15) is 36.8 Å². The van der Waals surface area contributed by atoms with E-state index >= 15 is 0 Å². The molecule has 1 unspecified atom stereocenters. The van der Waals surface area contributed by atoms with Crippen LogP contribution in [0.2, 0.25) is 0 Å². The van der Waals surface area contributed by atoms with Crippen molar-refractivity contribution in [3.8, 4) is 0 Å². The van der Waals surface area contributed by atoms with E-state index in [1.54, 1.807) is 0 Å². The van der Waals surface area contributed by atoms with Crippen LogP contribution in [0.4, 0.5) is 5.82 Å². The molecule has 2 heterocycles. The zero-order chi connectivity index (χ0) is 19.1. The Labute approximate surface area is 186 Å². The van der Waals surface area contributed by atoms with Crippen LogP contribution in [-0.4, -0.2) is 43.7 Å². The summed E-state index contributed by atoms with van der Waals surface area (Å²) in [6.45, 7) is 7.28. The van der Waals surface area contributed by atoms with Gasteiger partial charge in [0.15, 0.2) is 5.96 Å². The number of aromatic nitrogens is 1. The van der Waals surface area contributed by atoms with Crippen molar-refractivity contribution >= 4 is 35.8 Å². The quantitative estimate of drug-likeness (QED) is 0.377. The summed E-state index contributed by atoms with van der Waals surface area (Å²) in [5.74, 6) is 2.41. The first-order valence-electron chi connectivity index (χ1n) is 9.85. The Hall–Kier alpha value is -1.83. The number of rotatable bonds is 5. The average molecular weight is 493 g/mol. The fraction of sp³-hybridized carbons (Fsp3) is 0.455. The van der Waals surface area contributed by atoms with Gasteiger partial charge in [-0.05, 0) is 43.4 Å². The van der Waals surface area contributed by atoms with Crippen LogP contribution in [0, 0.1) is 6.92 Å². The van der Waals surface area contributed by atoms with E-state index < -0.39 is 0 Å². The van der Waals surface area contributed by atoms with E-state index in [4.69, 9.17) is 0 Å². The molecule has 5 nitrogen and oxygen atoms in total. The molecule has 3 rings (SSSR count). The molecule has 152 valence electrons. The van der Waals surface area contributed by atoms with E-state index in [1.807, 2.05) is 25.4 Å². The molecule has 1 aromatic heterocycles. The molecule has 1 aliphatic rings. The number of hydrogen-bond donors (Lipinski definition) is 2. The molecule has 1 atom stereocenters. The third-order valence-electron chi connectivity index (χ3n) is 5.25. The molecule has 1 aromatic carbocycles. The van der Waals surface area contributed by atoms with E-state index in [2.05, 4.69) is 69.7 Å². The molecule has 0 radical (unpaired) electrons. The van der Waals surface area contributed by atoms with Crippen LogP contribution in [0.15, 0.2) is 53.7 Å². The minimum atomic E-state index is 0. The first-order chi connectivity index (χ1) is 13.2. The Kier molecular flexibility index (Phi) is 9.02. The van der Waals surface area contributed by atoms with Gasteiger partial charge >= 0.3 is 0 Å². The second kappa shape index (κ2) is 11.2. The van der Waals surface area contributed by atoms with Crippen LogP contribution in [-0.2, 0) is 0 Å². The van der Waals surface area contributed by atoms with Gasteiger partial charge in [0.1, 0.15) is 5.82 Å². The maximum Gasteiger partial charge on any atom is 0.191 e. The number of benzene rings is 1. The summed E-state index contributed by atoms with van der Waals surface area (Å²) in [6, 6.07) is 15.3. The molecule has 0 amide bonds. The number of nitrogens with zero attached hydrogens (tertiary/aromatic N) is 3. The van der Waals surface area contributed by atoms with Crippen molar-refractivity contribution in [3.05, 3.63) is 59.8 Å². The zero-order valence-electron chi connectivity index (χ0n) is 17.1. The van der Waals surface area contributed by atoms with E-state index in [0.29, 0.717) is 12.0 Å². The zero-order valence-corrected chi connectivity index (χ0v) is 19.4. The van der Waals surface area contributed by atoms with Crippen LogP contribution >= 0.6 is 24.0 Å². The van der Waals surface area contributed by atoms with Crippen molar-refractivity contribution < 1.29 is 0 Å². The molecular weight excluding hydrogens is 461 g/mol. The Balaban J connectivity index is 0.00000280. The summed E-state index contributed by atoms with van der Waals surface area (Å²) in [5, 5.41) is 7.07. The highest BCUT2D eigenvalue weighted by molar-refractivity contribution is 14.0. The lowest BCUT2D eigenvalue weighted by atomic mass is 10.00. The predicted octanol–water partition coefficient (Wildman–Crippen LogP) is 3.95. The van der Waals surface area contributed by atoms with Gasteiger partial charge in [-0.2, -0.15) is 0 Å². The highest BCUT2D eigenvalue weighted by Gasteiger charge is 2.20. The van der Waals surface area contributed by atoms with Crippen LogP contribution in [0.5, 0.6) is 0 Å². The van der Waals surface area contributed by atoms with Crippen LogP contribution in [0.25, 0.3) is 0 Å². The Morgan fingerprint density at radius 1 is 1.18 bits per heavy atom. The van der Waals surface area contributed by atoms with Gasteiger partial charge in [0, 0.05) is 38.9 Å². The number of anilines is 1. The van der Waals surface area contributed by atoms with Gasteiger partial charge < -0.3 is 15.5 Å². The van der Waals surface area contributed by atoms with Crippen molar-refractivity contribution in [2.24, 2.45) is 4.99 Å². The molecule has 1 fully saturated rings. The SMILES string of the molecule is CN=C(NCC(C)c1ccc(C)cc1)NC1CCN(c2ccccn2)CC1.I. The summed E-state index contributed by atoms with van der Waals surface area (Å²) in [7, 11) is 1.84. The minimum Gasteiger partial charge on any atom is -0.356 e. The van der Waals surface area contributed by atoms with E-state index in [-0.39, 0.29) is 24.0 Å². The highest BCUT2D eigenvalue weighted by atomic mass is 127. The van der Waals surface area contributed by atoms with Gasteiger partial charge in [0.05, 0.1) is 0 Å². The van der Waals surface area contributed by atoms with Crippen molar-refractivity contribution in [1.82, 2.24) is 15.6 Å². The lowest BCUT2D eigenvalue weighted by Gasteiger charge is -2.33. The summed E-state index contributed by atoms with van der Waals surface area (Å²) in [4.78, 5) is 11.2. The Morgan fingerprint density at radius 2 is 1.89 bits per heavy atom. The number of hydrogen-bond acceptors (Lipinski definition) is 3. The maximum absolute atomic E-state index is 4.46. The molecule has 2 aromatic rings. The predicted molar refractivity (Wildman–Crippen MR) is 129 cm³/mol. The van der Waals surface area contributed by atoms with Crippen LogP contribution in [0.3, 0.4) is 0 Å². The maximum atomic E-state index is 4.46. The molecular formula is C22H32IN5. The highest BCUT2D eigenvalue weighted by Crippen LogP contribution is 2.17. The number of pyridine rings is 1. The summed E-state index contributed by atoms with van der Waals surface area (Å²) >= 11 is 0. The van der Waals surface area contributed by atoms with Gasteiger partial charge in [-0.25, -0.2) is 4.98 Å². The fourth-order valence-electron chi connectivity index (χ4n) is 3.44. The first-order valence-corrected chi connectivity index (χ1v) is 9.85. The molecule has 0 aliphatic carbocycles. The molecule has 0 bridgehead atoms. The minimum absolute atomic E-state index is 0. The number of aliphatic imine (C=N–C) groups is 1. The summed E-state index contributed by atoms with van der Waals surface area (Å²) in [6.07, 6.45) is 4.04. The molecule has 2 N–H and O–H groups in total. The first kappa shape index (κ1) is 22.5. The smallest absolute Gasteiger partial charge is 0.191 e.